The summed E-state index contributed by atoms with van der Waals surface area (Å²) in [6.07, 6.45) is 0. The van der Waals surface area contributed by atoms with Crippen molar-refractivity contribution in [1.29, 1.82) is 0 Å². The molecule has 1 atom stereocenters. The summed E-state index contributed by atoms with van der Waals surface area (Å²) in [5.41, 5.74) is 1.13. The molecule has 0 N–H and O–H groups in total. The minimum absolute atomic E-state index is 0.187. The fourth-order valence-corrected chi connectivity index (χ4v) is 1.89. The lowest BCUT2D eigenvalue weighted by atomic mass is 9.87. The topological polar surface area (TPSA) is 29.0 Å². The van der Waals surface area contributed by atoms with Crippen molar-refractivity contribution in [1.82, 2.24) is 9.97 Å². The highest BCUT2D eigenvalue weighted by Gasteiger charge is 2.26. The molecule has 0 radical (unpaired) electrons. The SMILES string of the molecule is Cc1nc(Cl)c(C)c(N(C)C(C)C(C)(C)C)n1. The molecule has 17 heavy (non-hydrogen) atoms. The highest BCUT2D eigenvalue weighted by molar-refractivity contribution is 6.30. The van der Waals surface area contributed by atoms with Crippen molar-refractivity contribution in [2.24, 2.45) is 5.41 Å². The van der Waals surface area contributed by atoms with Crippen molar-refractivity contribution in [2.75, 3.05) is 11.9 Å². The number of rotatable bonds is 2. The van der Waals surface area contributed by atoms with Gasteiger partial charge in [0.15, 0.2) is 0 Å². The van der Waals surface area contributed by atoms with Gasteiger partial charge in [-0.1, -0.05) is 32.4 Å². The molecule has 0 saturated heterocycles. The first kappa shape index (κ1) is 14.2. The van der Waals surface area contributed by atoms with Crippen LogP contribution in [0.3, 0.4) is 0 Å². The van der Waals surface area contributed by atoms with E-state index in [2.05, 4.69) is 49.6 Å². The lowest BCUT2D eigenvalue weighted by Crippen LogP contribution is -2.40. The number of aryl methyl sites for hydroxylation is 1. The van der Waals surface area contributed by atoms with Crippen LogP contribution in [0.4, 0.5) is 5.82 Å². The number of aromatic nitrogens is 2. The van der Waals surface area contributed by atoms with Gasteiger partial charge in [-0.2, -0.15) is 0 Å². The Labute approximate surface area is 109 Å². The smallest absolute Gasteiger partial charge is 0.137 e. The van der Waals surface area contributed by atoms with Crippen LogP contribution in [0.15, 0.2) is 0 Å². The highest BCUT2D eigenvalue weighted by Crippen LogP contribution is 2.29. The van der Waals surface area contributed by atoms with Crippen LogP contribution in [0.5, 0.6) is 0 Å². The fourth-order valence-electron chi connectivity index (χ4n) is 1.69. The van der Waals surface area contributed by atoms with Crippen LogP contribution in [0.2, 0.25) is 5.15 Å². The zero-order valence-electron chi connectivity index (χ0n) is 11.8. The van der Waals surface area contributed by atoms with Crippen LogP contribution in [-0.4, -0.2) is 23.1 Å². The van der Waals surface area contributed by atoms with Crippen molar-refractivity contribution in [3.8, 4) is 0 Å². The molecular formula is C13H22ClN3. The van der Waals surface area contributed by atoms with E-state index in [-0.39, 0.29) is 5.41 Å². The molecule has 0 saturated carbocycles. The molecule has 1 unspecified atom stereocenters. The first-order valence-corrected chi connectivity index (χ1v) is 6.26. The third-order valence-corrected chi connectivity index (χ3v) is 3.71. The number of hydrogen-bond acceptors (Lipinski definition) is 3. The maximum Gasteiger partial charge on any atom is 0.137 e. The van der Waals surface area contributed by atoms with Crippen molar-refractivity contribution >= 4 is 17.4 Å². The Bertz CT molecular complexity index is 410. The number of nitrogens with zero attached hydrogens (tertiary/aromatic N) is 3. The lowest BCUT2D eigenvalue weighted by Gasteiger charge is -2.36. The summed E-state index contributed by atoms with van der Waals surface area (Å²) < 4.78 is 0. The van der Waals surface area contributed by atoms with Crippen molar-refractivity contribution in [2.45, 2.75) is 47.6 Å². The molecule has 3 nitrogen and oxygen atoms in total. The Balaban J connectivity index is 3.17. The Morgan fingerprint density at radius 3 is 2.18 bits per heavy atom. The normalized spacial score (nSPS) is 13.6. The second-order valence-electron chi connectivity index (χ2n) is 5.66. The monoisotopic (exact) mass is 255 g/mol. The molecule has 0 aromatic carbocycles. The van der Waals surface area contributed by atoms with Gasteiger partial charge in [-0.3, -0.25) is 0 Å². The predicted molar refractivity (Wildman–Crippen MR) is 73.8 cm³/mol. The third kappa shape index (κ3) is 3.09. The molecule has 0 spiro atoms. The van der Waals surface area contributed by atoms with Gasteiger partial charge >= 0.3 is 0 Å². The van der Waals surface area contributed by atoms with E-state index in [4.69, 9.17) is 11.6 Å². The zero-order valence-corrected chi connectivity index (χ0v) is 12.6. The molecule has 1 rings (SSSR count). The van der Waals surface area contributed by atoms with Gasteiger partial charge in [-0.05, 0) is 26.2 Å². The minimum Gasteiger partial charge on any atom is -0.356 e. The summed E-state index contributed by atoms with van der Waals surface area (Å²) >= 11 is 6.10. The second kappa shape index (κ2) is 4.81. The Kier molecular flexibility index (Phi) is 4.03. The number of anilines is 1. The fraction of sp³-hybridized carbons (Fsp3) is 0.692. The van der Waals surface area contributed by atoms with Crippen LogP contribution in [-0.2, 0) is 0 Å². The summed E-state index contributed by atoms with van der Waals surface area (Å²) in [7, 11) is 2.06. The molecule has 0 amide bonds. The van der Waals surface area contributed by atoms with Gasteiger partial charge in [0, 0.05) is 18.7 Å². The van der Waals surface area contributed by atoms with Gasteiger partial charge in [-0.15, -0.1) is 0 Å². The van der Waals surface area contributed by atoms with E-state index >= 15 is 0 Å². The predicted octanol–water partition coefficient (Wildman–Crippen LogP) is 3.62. The molecular weight excluding hydrogens is 234 g/mol. The summed E-state index contributed by atoms with van der Waals surface area (Å²) in [6.45, 7) is 12.7. The van der Waals surface area contributed by atoms with E-state index in [1.165, 1.54) is 0 Å². The summed E-state index contributed by atoms with van der Waals surface area (Å²) in [6, 6.07) is 0.367. The average Bonchev–Trinajstić information content (AvgIpc) is 2.20. The lowest BCUT2D eigenvalue weighted by molar-refractivity contribution is 0.328. The molecule has 1 aromatic heterocycles. The molecule has 0 aliphatic carbocycles. The van der Waals surface area contributed by atoms with E-state index < -0.39 is 0 Å². The highest BCUT2D eigenvalue weighted by atomic mass is 35.5. The molecule has 0 fully saturated rings. The maximum atomic E-state index is 6.10. The van der Waals surface area contributed by atoms with E-state index in [0.29, 0.717) is 17.0 Å². The minimum atomic E-state index is 0.187. The van der Waals surface area contributed by atoms with E-state index in [0.717, 1.165) is 11.4 Å². The summed E-state index contributed by atoms with van der Waals surface area (Å²) in [5.74, 6) is 1.63. The van der Waals surface area contributed by atoms with Gasteiger partial charge in [0.2, 0.25) is 0 Å². The van der Waals surface area contributed by atoms with E-state index in [1.807, 2.05) is 13.8 Å². The van der Waals surface area contributed by atoms with Crippen LogP contribution in [0.1, 0.15) is 39.1 Å². The van der Waals surface area contributed by atoms with Crippen molar-refractivity contribution in [3.05, 3.63) is 16.5 Å². The summed E-state index contributed by atoms with van der Waals surface area (Å²) in [5, 5.41) is 0.542. The van der Waals surface area contributed by atoms with E-state index in [9.17, 15) is 0 Å². The standard InChI is InChI=1S/C13H22ClN3/c1-8-11(14)15-10(3)16-12(8)17(7)9(2)13(4,5)6/h9H,1-7H3. The van der Waals surface area contributed by atoms with Gasteiger partial charge in [0.05, 0.1) is 0 Å². The van der Waals surface area contributed by atoms with Gasteiger partial charge in [-0.25, -0.2) is 9.97 Å². The maximum absolute atomic E-state index is 6.10. The first-order chi connectivity index (χ1) is 7.64. The third-order valence-electron chi connectivity index (χ3n) is 3.34. The molecule has 1 heterocycles. The van der Waals surface area contributed by atoms with Crippen LogP contribution < -0.4 is 4.90 Å². The quantitative estimate of drug-likeness (QED) is 0.756. The van der Waals surface area contributed by atoms with Crippen LogP contribution >= 0.6 is 11.6 Å². The Morgan fingerprint density at radius 1 is 1.18 bits per heavy atom. The molecule has 0 aliphatic heterocycles. The number of halogens is 1. The first-order valence-electron chi connectivity index (χ1n) is 5.88. The largest absolute Gasteiger partial charge is 0.356 e. The molecule has 1 aromatic rings. The summed E-state index contributed by atoms with van der Waals surface area (Å²) in [4.78, 5) is 10.8. The zero-order chi connectivity index (χ0) is 13.4. The second-order valence-corrected chi connectivity index (χ2v) is 6.02. The van der Waals surface area contributed by atoms with Gasteiger partial charge in [0.25, 0.3) is 0 Å². The molecule has 0 bridgehead atoms. The van der Waals surface area contributed by atoms with Crippen LogP contribution in [0.25, 0.3) is 0 Å². The Morgan fingerprint density at radius 2 is 1.71 bits per heavy atom. The van der Waals surface area contributed by atoms with Crippen molar-refractivity contribution < 1.29 is 0 Å². The Hall–Kier alpha value is -0.830. The van der Waals surface area contributed by atoms with Gasteiger partial charge in [0.1, 0.15) is 16.8 Å². The van der Waals surface area contributed by atoms with Gasteiger partial charge < -0.3 is 4.90 Å². The number of hydrogen-bond donors (Lipinski definition) is 0. The molecule has 96 valence electrons. The molecule has 4 heteroatoms. The molecule has 0 aliphatic rings. The van der Waals surface area contributed by atoms with Crippen LogP contribution in [0, 0.1) is 19.3 Å². The average molecular weight is 256 g/mol. The van der Waals surface area contributed by atoms with E-state index in [1.54, 1.807) is 0 Å². The van der Waals surface area contributed by atoms with Crippen molar-refractivity contribution in [3.63, 3.8) is 0 Å².